The van der Waals surface area contributed by atoms with E-state index in [4.69, 9.17) is 4.74 Å². The summed E-state index contributed by atoms with van der Waals surface area (Å²) in [5.41, 5.74) is -1.17. The first-order chi connectivity index (χ1) is 8.96. The van der Waals surface area contributed by atoms with Crippen molar-refractivity contribution in [2.75, 3.05) is 26.8 Å². The standard InChI is InChI=1S/C13H24N2O4/c1-4-10(15(3)5-2)11(16)14-13(12(17)18)6-8-19-9-7-13/h10H,4-9H2,1-3H3,(H,14,16)(H,17,18). The molecule has 0 aromatic carbocycles. The number of hydrogen-bond donors (Lipinski definition) is 2. The van der Waals surface area contributed by atoms with Gasteiger partial charge >= 0.3 is 5.97 Å². The zero-order valence-corrected chi connectivity index (χ0v) is 11.9. The summed E-state index contributed by atoms with van der Waals surface area (Å²) >= 11 is 0. The molecule has 0 radical (unpaired) electrons. The van der Waals surface area contributed by atoms with Crippen LogP contribution in [0.3, 0.4) is 0 Å². The van der Waals surface area contributed by atoms with Crippen molar-refractivity contribution in [2.24, 2.45) is 0 Å². The van der Waals surface area contributed by atoms with Gasteiger partial charge in [0.05, 0.1) is 6.04 Å². The molecule has 1 aliphatic rings. The van der Waals surface area contributed by atoms with Crippen molar-refractivity contribution in [3.63, 3.8) is 0 Å². The predicted molar refractivity (Wildman–Crippen MR) is 70.9 cm³/mol. The van der Waals surface area contributed by atoms with Gasteiger partial charge in [-0.15, -0.1) is 0 Å². The normalized spacial score (nSPS) is 20.0. The fraction of sp³-hybridized carbons (Fsp3) is 0.846. The summed E-state index contributed by atoms with van der Waals surface area (Å²) < 4.78 is 5.19. The number of hydrogen-bond acceptors (Lipinski definition) is 4. The quantitative estimate of drug-likeness (QED) is 0.734. The highest BCUT2D eigenvalue weighted by Gasteiger charge is 2.42. The van der Waals surface area contributed by atoms with Gasteiger partial charge in [0.2, 0.25) is 5.91 Å². The van der Waals surface area contributed by atoms with Gasteiger partial charge in [0.15, 0.2) is 0 Å². The molecule has 1 saturated heterocycles. The van der Waals surface area contributed by atoms with Gasteiger partial charge in [-0.25, -0.2) is 4.79 Å². The number of nitrogens with one attached hydrogen (secondary N) is 1. The Kier molecular flexibility index (Phi) is 5.75. The smallest absolute Gasteiger partial charge is 0.329 e. The van der Waals surface area contributed by atoms with E-state index in [0.717, 1.165) is 6.54 Å². The van der Waals surface area contributed by atoms with Crippen LogP contribution in [-0.2, 0) is 14.3 Å². The highest BCUT2D eigenvalue weighted by molar-refractivity contribution is 5.89. The Morgan fingerprint density at radius 3 is 2.37 bits per heavy atom. The minimum absolute atomic E-state index is 0.212. The Hall–Kier alpha value is -1.14. The fourth-order valence-corrected chi connectivity index (χ4v) is 2.35. The van der Waals surface area contributed by atoms with Crippen LogP contribution in [-0.4, -0.2) is 60.3 Å². The van der Waals surface area contributed by atoms with E-state index in [-0.39, 0.29) is 11.9 Å². The van der Waals surface area contributed by atoms with E-state index in [1.807, 2.05) is 25.8 Å². The van der Waals surface area contributed by atoms with Crippen LogP contribution in [0.25, 0.3) is 0 Å². The Bertz CT molecular complexity index is 327. The molecule has 6 heteroatoms. The van der Waals surface area contributed by atoms with Crippen LogP contribution in [0.4, 0.5) is 0 Å². The van der Waals surface area contributed by atoms with E-state index in [0.29, 0.717) is 32.5 Å². The molecule has 1 amide bonds. The monoisotopic (exact) mass is 272 g/mol. The number of rotatable bonds is 6. The fourth-order valence-electron chi connectivity index (χ4n) is 2.35. The number of carbonyl (C=O) groups excluding carboxylic acids is 1. The third kappa shape index (κ3) is 3.67. The highest BCUT2D eigenvalue weighted by Crippen LogP contribution is 2.21. The molecule has 0 aromatic rings. The highest BCUT2D eigenvalue weighted by atomic mass is 16.5. The van der Waals surface area contributed by atoms with Crippen molar-refractivity contribution in [2.45, 2.75) is 44.7 Å². The second-order valence-electron chi connectivity index (χ2n) is 4.99. The Labute approximate surface area is 114 Å². The van der Waals surface area contributed by atoms with Gasteiger partial charge < -0.3 is 15.2 Å². The Balaban J connectivity index is 2.78. The summed E-state index contributed by atoms with van der Waals surface area (Å²) in [7, 11) is 1.87. The lowest BCUT2D eigenvalue weighted by Gasteiger charge is -2.36. The van der Waals surface area contributed by atoms with Gasteiger partial charge in [-0.1, -0.05) is 13.8 Å². The van der Waals surface area contributed by atoms with E-state index < -0.39 is 11.5 Å². The van der Waals surface area contributed by atoms with Crippen LogP contribution in [0.1, 0.15) is 33.1 Å². The molecule has 1 atom stereocenters. The minimum atomic E-state index is -1.17. The van der Waals surface area contributed by atoms with Crippen LogP contribution in [0, 0.1) is 0 Å². The Morgan fingerprint density at radius 1 is 1.37 bits per heavy atom. The molecule has 0 spiro atoms. The van der Waals surface area contributed by atoms with Gasteiger partial charge in [-0.2, -0.15) is 0 Å². The molecule has 19 heavy (non-hydrogen) atoms. The zero-order chi connectivity index (χ0) is 14.5. The first kappa shape index (κ1) is 15.9. The third-order valence-corrected chi connectivity index (χ3v) is 3.84. The van der Waals surface area contributed by atoms with Crippen LogP contribution in [0.5, 0.6) is 0 Å². The van der Waals surface area contributed by atoms with E-state index in [2.05, 4.69) is 5.32 Å². The van der Waals surface area contributed by atoms with Crippen molar-refractivity contribution in [3.05, 3.63) is 0 Å². The van der Waals surface area contributed by atoms with Crippen molar-refractivity contribution < 1.29 is 19.4 Å². The summed E-state index contributed by atoms with van der Waals surface area (Å²) in [5, 5.41) is 12.1. The van der Waals surface area contributed by atoms with Crippen molar-refractivity contribution in [1.82, 2.24) is 10.2 Å². The summed E-state index contributed by atoms with van der Waals surface area (Å²) in [6.45, 7) is 5.38. The molecule has 1 unspecified atom stereocenters. The largest absolute Gasteiger partial charge is 0.480 e. The molecular formula is C13H24N2O4. The van der Waals surface area contributed by atoms with E-state index in [1.165, 1.54) is 0 Å². The SMILES string of the molecule is CCC(C(=O)NC1(C(=O)O)CCOCC1)N(C)CC. The molecule has 0 saturated carbocycles. The number of carboxylic acid groups (broad SMARTS) is 1. The van der Waals surface area contributed by atoms with E-state index in [9.17, 15) is 14.7 Å². The van der Waals surface area contributed by atoms with Crippen LogP contribution in [0.2, 0.25) is 0 Å². The second kappa shape index (κ2) is 6.86. The lowest BCUT2D eigenvalue weighted by Crippen LogP contribution is -2.61. The summed E-state index contributed by atoms with van der Waals surface area (Å²) in [4.78, 5) is 25.7. The van der Waals surface area contributed by atoms with Crippen LogP contribution in [0.15, 0.2) is 0 Å². The van der Waals surface area contributed by atoms with E-state index >= 15 is 0 Å². The third-order valence-electron chi connectivity index (χ3n) is 3.84. The van der Waals surface area contributed by atoms with Gasteiger partial charge in [0.25, 0.3) is 0 Å². The van der Waals surface area contributed by atoms with Crippen molar-refractivity contribution in [3.8, 4) is 0 Å². The number of likely N-dealkylation sites (N-methyl/N-ethyl adjacent to an activating group) is 1. The number of carboxylic acids is 1. The molecule has 1 fully saturated rings. The summed E-state index contributed by atoms with van der Waals surface area (Å²) in [5.74, 6) is -1.19. The maximum absolute atomic E-state index is 12.3. The molecule has 2 N–H and O–H groups in total. The molecule has 1 aliphatic heterocycles. The number of aliphatic carboxylic acids is 1. The van der Waals surface area contributed by atoms with E-state index in [1.54, 1.807) is 0 Å². The van der Waals surface area contributed by atoms with Gasteiger partial charge in [0.1, 0.15) is 5.54 Å². The summed E-state index contributed by atoms with van der Waals surface area (Å²) in [6.07, 6.45) is 1.29. The van der Waals surface area contributed by atoms with Gasteiger partial charge in [-0.05, 0) is 20.0 Å². The first-order valence-electron chi connectivity index (χ1n) is 6.80. The molecule has 0 aromatic heterocycles. The maximum Gasteiger partial charge on any atom is 0.329 e. The lowest BCUT2D eigenvalue weighted by molar-refractivity contribution is -0.153. The zero-order valence-electron chi connectivity index (χ0n) is 11.9. The second-order valence-corrected chi connectivity index (χ2v) is 4.99. The number of carbonyl (C=O) groups is 2. The first-order valence-corrected chi connectivity index (χ1v) is 6.80. The molecule has 110 valence electrons. The number of ether oxygens (including phenoxy) is 1. The predicted octanol–water partition coefficient (Wildman–Crippen LogP) is 0.467. The van der Waals surface area contributed by atoms with Crippen LogP contribution >= 0.6 is 0 Å². The van der Waals surface area contributed by atoms with Crippen molar-refractivity contribution in [1.29, 1.82) is 0 Å². The average Bonchev–Trinajstić information content (AvgIpc) is 2.40. The van der Waals surface area contributed by atoms with Crippen LogP contribution < -0.4 is 5.32 Å². The molecule has 0 aliphatic carbocycles. The average molecular weight is 272 g/mol. The molecule has 0 bridgehead atoms. The van der Waals surface area contributed by atoms with Gasteiger partial charge in [-0.3, -0.25) is 9.69 Å². The minimum Gasteiger partial charge on any atom is -0.480 e. The molecule has 1 rings (SSSR count). The number of amides is 1. The molecule has 6 nitrogen and oxygen atoms in total. The van der Waals surface area contributed by atoms with Gasteiger partial charge in [0, 0.05) is 26.1 Å². The van der Waals surface area contributed by atoms with Crippen molar-refractivity contribution >= 4 is 11.9 Å². The molecular weight excluding hydrogens is 248 g/mol. The Morgan fingerprint density at radius 2 is 1.95 bits per heavy atom. The summed E-state index contributed by atoms with van der Waals surface area (Å²) in [6, 6.07) is -0.288. The maximum atomic E-state index is 12.3. The number of nitrogens with zero attached hydrogens (tertiary/aromatic N) is 1. The lowest BCUT2D eigenvalue weighted by atomic mass is 9.89. The topological polar surface area (TPSA) is 78.9 Å². The molecule has 1 heterocycles.